The Hall–Kier alpha value is -0.453. The van der Waals surface area contributed by atoms with Gasteiger partial charge in [-0.3, -0.25) is 0 Å². The largest absolute Gasteiger partial charge is 0.561 e. The van der Waals surface area contributed by atoms with Crippen LogP contribution in [-0.2, 0) is 11.0 Å². The van der Waals surface area contributed by atoms with E-state index in [9.17, 15) is 4.39 Å². The first-order valence-corrected chi connectivity index (χ1v) is 8.86. The van der Waals surface area contributed by atoms with Crippen LogP contribution in [-0.4, -0.2) is 13.3 Å². The van der Waals surface area contributed by atoms with Crippen molar-refractivity contribution in [2.45, 2.75) is 45.5 Å². The fourth-order valence-electron chi connectivity index (χ4n) is 1.04. The van der Waals surface area contributed by atoms with Crippen LogP contribution in [0.25, 0.3) is 0 Å². The minimum absolute atomic E-state index is 0.0960. The number of pyridine rings is 1. The number of nitrogens with zero attached hydrogens (tertiary/aromatic N) is 1. The standard InChI is InChI=1S/C12H19ClFNOSi/c1-12(2,3)17(4,5)16-8-9-6-7-15-11(13)10(9)14/h6-7H,8H2,1-5H3/q-1. The molecule has 97 valence electrons. The molecule has 1 aromatic rings. The van der Waals surface area contributed by atoms with Gasteiger partial charge < -0.3 is 4.43 Å². The van der Waals surface area contributed by atoms with E-state index in [4.69, 9.17) is 16.0 Å². The van der Waals surface area contributed by atoms with E-state index in [1.54, 1.807) is 6.07 Å². The Bertz CT molecular complexity index is 404. The molecule has 1 heterocycles. The Labute approximate surface area is 108 Å². The van der Waals surface area contributed by atoms with Crippen molar-refractivity contribution in [2.75, 3.05) is 0 Å². The van der Waals surface area contributed by atoms with E-state index in [0.29, 0.717) is 5.56 Å². The number of halogens is 2. The molecular formula is C12H19ClFNOSi-. The molecule has 0 N–H and O–H groups in total. The van der Waals surface area contributed by atoms with Crippen molar-refractivity contribution in [3.63, 3.8) is 0 Å². The Balaban J connectivity index is 2.78. The van der Waals surface area contributed by atoms with E-state index in [2.05, 4.69) is 38.8 Å². The topological polar surface area (TPSA) is 22.1 Å². The Morgan fingerprint density at radius 3 is 2.53 bits per heavy atom. The maximum absolute atomic E-state index is 13.6. The molecule has 0 amide bonds. The molecule has 0 aromatic carbocycles. The highest BCUT2D eigenvalue weighted by Crippen LogP contribution is 2.37. The lowest BCUT2D eigenvalue weighted by atomic mass is 10.2. The van der Waals surface area contributed by atoms with E-state index in [1.165, 1.54) is 6.20 Å². The number of aromatic nitrogens is 1. The van der Waals surface area contributed by atoms with Crippen molar-refractivity contribution in [1.82, 2.24) is 4.98 Å². The Morgan fingerprint density at radius 2 is 2.00 bits per heavy atom. The molecule has 0 aliphatic heterocycles. The molecule has 0 fully saturated rings. The molecule has 0 radical (unpaired) electrons. The third-order valence-corrected chi connectivity index (χ3v) is 8.06. The van der Waals surface area contributed by atoms with Crippen molar-refractivity contribution < 1.29 is 8.82 Å². The van der Waals surface area contributed by atoms with Gasteiger partial charge in [-0.1, -0.05) is 32.4 Å². The van der Waals surface area contributed by atoms with Gasteiger partial charge in [0.2, 0.25) is 0 Å². The van der Waals surface area contributed by atoms with Crippen molar-refractivity contribution in [1.29, 1.82) is 0 Å². The molecule has 0 spiro atoms. The minimum Gasteiger partial charge on any atom is -0.561 e. The third-order valence-electron chi connectivity index (χ3n) is 3.32. The van der Waals surface area contributed by atoms with Gasteiger partial charge in [0.05, 0.1) is 0 Å². The second-order valence-electron chi connectivity index (χ2n) is 5.62. The molecule has 1 rings (SSSR count). The van der Waals surface area contributed by atoms with Gasteiger partial charge >= 0.3 is 0 Å². The SMILES string of the molecule is CC(C)(C)[Si-](C)(C)OCc1ccnc(Cl)c1F. The molecule has 17 heavy (non-hydrogen) atoms. The highest BCUT2D eigenvalue weighted by molar-refractivity contribution is 6.74. The van der Waals surface area contributed by atoms with Gasteiger partial charge in [-0.05, 0) is 14.4 Å². The van der Waals surface area contributed by atoms with E-state index >= 15 is 0 Å². The van der Waals surface area contributed by atoms with Crippen molar-refractivity contribution in [3.05, 3.63) is 28.8 Å². The van der Waals surface area contributed by atoms with Crippen LogP contribution < -0.4 is 0 Å². The predicted octanol–water partition coefficient (Wildman–Crippen LogP) is 4.40. The first-order chi connectivity index (χ1) is 7.65. The van der Waals surface area contributed by atoms with Crippen molar-refractivity contribution >= 4 is 19.9 Å². The summed E-state index contributed by atoms with van der Waals surface area (Å²) in [5, 5.41) is 0.0154. The van der Waals surface area contributed by atoms with Crippen molar-refractivity contribution in [3.8, 4) is 0 Å². The number of hydrogen-bond donors (Lipinski definition) is 0. The summed E-state index contributed by atoms with van der Waals surface area (Å²) >= 11 is 5.62. The molecule has 0 saturated heterocycles. The maximum Gasteiger partial charge on any atom is 0.165 e. The average molecular weight is 276 g/mol. The van der Waals surface area contributed by atoms with Crippen LogP contribution in [0.4, 0.5) is 4.39 Å². The molecule has 5 heteroatoms. The van der Waals surface area contributed by atoms with Crippen LogP contribution in [0.1, 0.15) is 26.3 Å². The fourth-order valence-corrected chi connectivity index (χ4v) is 2.17. The van der Waals surface area contributed by atoms with Gasteiger partial charge in [0.1, 0.15) is 0 Å². The molecule has 1 aromatic heterocycles. The predicted molar refractivity (Wildman–Crippen MR) is 71.2 cm³/mol. The summed E-state index contributed by atoms with van der Waals surface area (Å²) in [6.45, 7) is 11.0. The van der Waals surface area contributed by atoms with E-state index in [0.717, 1.165) is 0 Å². The highest BCUT2D eigenvalue weighted by atomic mass is 35.5. The summed E-state index contributed by atoms with van der Waals surface area (Å²) in [4.78, 5) is 3.68. The lowest BCUT2D eigenvalue weighted by molar-refractivity contribution is 0.271. The molecule has 0 saturated carbocycles. The van der Waals surface area contributed by atoms with Gasteiger partial charge in [-0.15, -0.1) is 18.1 Å². The van der Waals surface area contributed by atoms with Gasteiger partial charge in [-0.25, -0.2) is 9.37 Å². The van der Waals surface area contributed by atoms with E-state index in [1.807, 2.05) is 0 Å². The summed E-state index contributed by atoms with van der Waals surface area (Å²) in [5.41, 5.74) is 0.467. The Morgan fingerprint density at radius 1 is 1.41 bits per heavy atom. The molecule has 0 bridgehead atoms. The van der Waals surface area contributed by atoms with Gasteiger partial charge in [0.25, 0.3) is 0 Å². The van der Waals surface area contributed by atoms with E-state index in [-0.39, 0.29) is 16.8 Å². The Kier molecular flexibility index (Phi) is 4.33. The first-order valence-electron chi connectivity index (χ1n) is 5.58. The summed E-state index contributed by atoms with van der Waals surface area (Å²) < 4.78 is 19.5. The minimum atomic E-state index is -1.86. The van der Waals surface area contributed by atoms with E-state index < -0.39 is 14.1 Å². The van der Waals surface area contributed by atoms with Gasteiger partial charge in [-0.2, -0.15) is 0 Å². The first kappa shape index (κ1) is 14.6. The monoisotopic (exact) mass is 275 g/mol. The molecule has 0 atom stereocenters. The zero-order valence-electron chi connectivity index (χ0n) is 11.0. The molecular weight excluding hydrogens is 257 g/mol. The van der Waals surface area contributed by atoms with Gasteiger partial charge in [0.15, 0.2) is 11.0 Å². The van der Waals surface area contributed by atoms with Crippen LogP contribution in [0.15, 0.2) is 12.3 Å². The summed E-state index contributed by atoms with van der Waals surface area (Å²) in [6.07, 6.45) is 1.50. The number of rotatable bonds is 3. The quantitative estimate of drug-likeness (QED) is 0.603. The van der Waals surface area contributed by atoms with Crippen LogP contribution in [0.2, 0.25) is 23.3 Å². The van der Waals surface area contributed by atoms with Crippen LogP contribution in [0, 0.1) is 5.82 Å². The molecule has 0 aliphatic rings. The summed E-state index contributed by atoms with van der Waals surface area (Å²) in [5.74, 6) is -0.479. The molecule has 0 unspecified atom stereocenters. The zero-order chi connectivity index (χ0) is 13.3. The molecule has 0 aliphatic carbocycles. The third kappa shape index (κ3) is 3.50. The normalized spacial score (nSPS) is 12.9. The van der Waals surface area contributed by atoms with Gasteiger partial charge in [0, 0.05) is 18.4 Å². The lowest BCUT2D eigenvalue weighted by Crippen LogP contribution is -2.40. The second kappa shape index (κ2) is 5.04. The maximum atomic E-state index is 13.6. The number of hydrogen-bond acceptors (Lipinski definition) is 2. The lowest BCUT2D eigenvalue weighted by Gasteiger charge is -2.48. The molecule has 2 nitrogen and oxygen atoms in total. The van der Waals surface area contributed by atoms with Crippen LogP contribution in [0.5, 0.6) is 0 Å². The fraction of sp³-hybridized carbons (Fsp3) is 0.583. The van der Waals surface area contributed by atoms with Crippen LogP contribution >= 0.6 is 11.6 Å². The van der Waals surface area contributed by atoms with Crippen LogP contribution in [0.3, 0.4) is 0 Å². The second-order valence-corrected chi connectivity index (χ2v) is 10.8. The smallest absolute Gasteiger partial charge is 0.165 e. The summed E-state index contributed by atoms with van der Waals surface area (Å²) in [6, 6.07) is 1.61. The highest BCUT2D eigenvalue weighted by Gasteiger charge is 2.25. The average Bonchev–Trinajstić information content (AvgIpc) is 2.18. The van der Waals surface area contributed by atoms with Crippen molar-refractivity contribution in [2.24, 2.45) is 0 Å². The zero-order valence-corrected chi connectivity index (χ0v) is 12.7. The summed E-state index contributed by atoms with van der Waals surface area (Å²) in [7, 11) is -1.86.